The third-order valence-corrected chi connectivity index (χ3v) is 2.72. The maximum atomic E-state index is 5.52. The fraction of sp³-hybridized carbons (Fsp3) is 0.100. The van der Waals surface area contributed by atoms with Crippen molar-refractivity contribution in [3.63, 3.8) is 0 Å². The van der Waals surface area contributed by atoms with Crippen LogP contribution in [0.5, 0.6) is 11.6 Å². The lowest BCUT2D eigenvalue weighted by molar-refractivity contribution is 0.465. The Morgan fingerprint density at radius 3 is 2.93 bits per heavy atom. The summed E-state index contributed by atoms with van der Waals surface area (Å²) in [5.41, 5.74) is 1.14. The third kappa shape index (κ3) is 1.96. The lowest BCUT2D eigenvalue weighted by atomic mass is 10.2. The first-order valence-corrected chi connectivity index (χ1v) is 4.97. The molecule has 0 aliphatic heterocycles. The van der Waals surface area contributed by atoms with Crippen LogP contribution in [-0.2, 0) is 0 Å². The number of nitrogens with one attached hydrogen (secondary N) is 1. The van der Waals surface area contributed by atoms with Crippen LogP contribution in [0.1, 0.15) is 5.56 Å². The molecule has 1 aromatic heterocycles. The number of H-pyrrole nitrogens is 1. The largest absolute Gasteiger partial charge is 0.439 e. The number of hydrogen-bond donors (Lipinski definition) is 1. The van der Waals surface area contributed by atoms with Gasteiger partial charge >= 0.3 is 0 Å². The molecule has 3 nitrogen and oxygen atoms in total. The first-order valence-electron chi connectivity index (χ1n) is 4.18. The Hall–Kier alpha value is -1.29. The maximum absolute atomic E-state index is 5.52. The quantitative estimate of drug-likeness (QED) is 0.891. The van der Waals surface area contributed by atoms with Crippen LogP contribution in [0.4, 0.5) is 0 Å². The summed E-state index contributed by atoms with van der Waals surface area (Å²) in [5.74, 6) is 1.45. The SMILES string of the molecule is Cc1cc(Oc2cnc[nH]2)ccc1Br. The average Bonchev–Trinajstić information content (AvgIpc) is 2.64. The van der Waals surface area contributed by atoms with Gasteiger partial charge in [0.25, 0.3) is 0 Å². The molecule has 0 unspecified atom stereocenters. The lowest BCUT2D eigenvalue weighted by Gasteiger charge is -2.04. The molecule has 0 radical (unpaired) electrons. The Bertz CT molecular complexity index is 426. The van der Waals surface area contributed by atoms with Crippen molar-refractivity contribution in [2.45, 2.75) is 6.92 Å². The zero-order chi connectivity index (χ0) is 9.97. The number of rotatable bonds is 2. The van der Waals surface area contributed by atoms with Crippen molar-refractivity contribution in [1.82, 2.24) is 9.97 Å². The zero-order valence-corrected chi connectivity index (χ0v) is 9.21. The highest BCUT2D eigenvalue weighted by atomic mass is 79.9. The van der Waals surface area contributed by atoms with E-state index in [1.54, 1.807) is 12.5 Å². The molecule has 2 aromatic rings. The van der Waals surface area contributed by atoms with E-state index in [0.717, 1.165) is 15.8 Å². The molecule has 1 N–H and O–H groups in total. The molecular formula is C10H9BrN2O. The number of nitrogens with zero attached hydrogens (tertiary/aromatic N) is 1. The maximum Gasteiger partial charge on any atom is 0.217 e. The number of ether oxygens (including phenoxy) is 1. The van der Waals surface area contributed by atoms with Crippen LogP contribution in [0.2, 0.25) is 0 Å². The molecule has 0 spiro atoms. The highest BCUT2D eigenvalue weighted by molar-refractivity contribution is 9.10. The van der Waals surface area contributed by atoms with E-state index in [0.29, 0.717) is 5.88 Å². The van der Waals surface area contributed by atoms with Crippen molar-refractivity contribution in [2.75, 3.05) is 0 Å². The van der Waals surface area contributed by atoms with Crippen LogP contribution in [-0.4, -0.2) is 9.97 Å². The van der Waals surface area contributed by atoms with E-state index < -0.39 is 0 Å². The summed E-state index contributed by atoms with van der Waals surface area (Å²) in [4.78, 5) is 6.74. The molecule has 0 atom stereocenters. The normalized spacial score (nSPS) is 10.1. The summed E-state index contributed by atoms with van der Waals surface area (Å²) in [6.45, 7) is 2.02. The van der Waals surface area contributed by atoms with Crippen molar-refractivity contribution in [3.05, 3.63) is 40.8 Å². The van der Waals surface area contributed by atoms with Gasteiger partial charge in [0.1, 0.15) is 5.75 Å². The van der Waals surface area contributed by atoms with Gasteiger partial charge in [-0.15, -0.1) is 0 Å². The Morgan fingerprint density at radius 1 is 1.43 bits per heavy atom. The van der Waals surface area contributed by atoms with Crippen molar-refractivity contribution in [1.29, 1.82) is 0 Å². The van der Waals surface area contributed by atoms with E-state index in [2.05, 4.69) is 25.9 Å². The number of aromatic amines is 1. The molecule has 14 heavy (non-hydrogen) atoms. The predicted octanol–water partition coefficient (Wildman–Crippen LogP) is 3.27. The van der Waals surface area contributed by atoms with Gasteiger partial charge in [-0.05, 0) is 30.7 Å². The van der Waals surface area contributed by atoms with Crippen LogP contribution in [0.15, 0.2) is 35.2 Å². The summed E-state index contributed by atoms with van der Waals surface area (Å²) < 4.78 is 6.59. The van der Waals surface area contributed by atoms with Gasteiger partial charge in [0, 0.05) is 4.47 Å². The molecule has 0 saturated carbocycles. The summed E-state index contributed by atoms with van der Waals surface area (Å²) in [5, 5.41) is 0. The highest BCUT2D eigenvalue weighted by Gasteiger charge is 2.00. The fourth-order valence-corrected chi connectivity index (χ4v) is 1.35. The molecule has 1 heterocycles. The van der Waals surface area contributed by atoms with Gasteiger partial charge in [-0.25, -0.2) is 4.98 Å². The first kappa shape index (κ1) is 9.27. The van der Waals surface area contributed by atoms with Crippen molar-refractivity contribution in [2.24, 2.45) is 0 Å². The van der Waals surface area contributed by atoms with Gasteiger partial charge in [0.05, 0.1) is 12.5 Å². The monoisotopic (exact) mass is 252 g/mol. The van der Waals surface area contributed by atoms with E-state index in [1.807, 2.05) is 25.1 Å². The van der Waals surface area contributed by atoms with E-state index in [4.69, 9.17) is 4.74 Å². The summed E-state index contributed by atoms with van der Waals surface area (Å²) in [6, 6.07) is 5.82. The molecule has 0 saturated heterocycles. The van der Waals surface area contributed by atoms with Crippen molar-refractivity contribution in [3.8, 4) is 11.6 Å². The van der Waals surface area contributed by atoms with E-state index in [9.17, 15) is 0 Å². The van der Waals surface area contributed by atoms with Gasteiger partial charge in [-0.1, -0.05) is 15.9 Å². The summed E-state index contributed by atoms with van der Waals surface area (Å²) in [6.07, 6.45) is 3.22. The number of halogens is 1. The van der Waals surface area contributed by atoms with E-state index in [1.165, 1.54) is 0 Å². The second-order valence-electron chi connectivity index (χ2n) is 2.93. The lowest BCUT2D eigenvalue weighted by Crippen LogP contribution is -1.85. The van der Waals surface area contributed by atoms with Gasteiger partial charge < -0.3 is 9.72 Å². The van der Waals surface area contributed by atoms with Crippen molar-refractivity contribution >= 4 is 15.9 Å². The molecule has 4 heteroatoms. The Balaban J connectivity index is 2.22. The van der Waals surface area contributed by atoms with Crippen LogP contribution in [0, 0.1) is 6.92 Å². The number of benzene rings is 1. The minimum atomic E-state index is 0.645. The topological polar surface area (TPSA) is 37.9 Å². The van der Waals surface area contributed by atoms with Crippen LogP contribution in [0.3, 0.4) is 0 Å². The molecule has 0 fully saturated rings. The van der Waals surface area contributed by atoms with E-state index in [-0.39, 0.29) is 0 Å². The minimum Gasteiger partial charge on any atom is -0.439 e. The summed E-state index contributed by atoms with van der Waals surface area (Å²) in [7, 11) is 0. The van der Waals surface area contributed by atoms with Crippen molar-refractivity contribution < 1.29 is 4.74 Å². The second-order valence-corrected chi connectivity index (χ2v) is 3.78. The third-order valence-electron chi connectivity index (χ3n) is 1.83. The second kappa shape index (κ2) is 3.84. The standard InChI is InChI=1S/C10H9BrN2O/c1-7-4-8(2-3-9(7)11)14-10-5-12-6-13-10/h2-6H,1H3,(H,12,13). The average molecular weight is 253 g/mol. The molecule has 72 valence electrons. The van der Waals surface area contributed by atoms with E-state index >= 15 is 0 Å². The number of imidazole rings is 1. The van der Waals surface area contributed by atoms with Crippen LogP contribution in [0.25, 0.3) is 0 Å². The number of aryl methyl sites for hydroxylation is 1. The Labute approximate surface area is 90.3 Å². The fourth-order valence-electron chi connectivity index (χ4n) is 1.11. The molecular weight excluding hydrogens is 244 g/mol. The molecule has 1 aromatic carbocycles. The minimum absolute atomic E-state index is 0.645. The molecule has 0 aliphatic carbocycles. The van der Waals surface area contributed by atoms with Gasteiger partial charge in [-0.3, -0.25) is 0 Å². The number of hydrogen-bond acceptors (Lipinski definition) is 2. The number of aromatic nitrogens is 2. The van der Waals surface area contributed by atoms with Crippen LogP contribution < -0.4 is 4.74 Å². The zero-order valence-electron chi connectivity index (χ0n) is 7.62. The van der Waals surface area contributed by atoms with Crippen LogP contribution >= 0.6 is 15.9 Å². The van der Waals surface area contributed by atoms with Gasteiger partial charge in [0.15, 0.2) is 0 Å². The highest BCUT2D eigenvalue weighted by Crippen LogP contribution is 2.24. The molecule has 0 bridgehead atoms. The Kier molecular flexibility index (Phi) is 2.54. The predicted molar refractivity (Wildman–Crippen MR) is 57.5 cm³/mol. The molecule has 0 aliphatic rings. The first-order chi connectivity index (χ1) is 6.75. The van der Waals surface area contributed by atoms with Gasteiger partial charge in [-0.2, -0.15) is 0 Å². The Morgan fingerprint density at radius 2 is 2.29 bits per heavy atom. The molecule has 2 rings (SSSR count). The smallest absolute Gasteiger partial charge is 0.217 e. The van der Waals surface area contributed by atoms with Gasteiger partial charge in [0.2, 0.25) is 5.88 Å². The summed E-state index contributed by atoms with van der Waals surface area (Å²) >= 11 is 3.43. The molecule has 0 amide bonds.